The first kappa shape index (κ1) is 8.25. The van der Waals surface area contributed by atoms with Gasteiger partial charge in [-0.2, -0.15) is 4.98 Å². The van der Waals surface area contributed by atoms with E-state index in [4.69, 9.17) is 15.6 Å². The second-order valence-corrected chi connectivity index (χ2v) is 3.12. The first-order valence-electron chi connectivity index (χ1n) is 4.17. The van der Waals surface area contributed by atoms with Crippen LogP contribution in [0.2, 0.25) is 0 Å². The summed E-state index contributed by atoms with van der Waals surface area (Å²) < 4.78 is 5.41. The lowest BCUT2D eigenvalue weighted by atomic mass is 9.92. The highest BCUT2D eigenvalue weighted by atomic mass is 16.5. The fourth-order valence-electron chi connectivity index (χ4n) is 1.23. The third-order valence-electron chi connectivity index (χ3n) is 2.01. The fraction of sp³-hybridized carbons (Fsp3) is 0.500. The van der Waals surface area contributed by atoms with Crippen LogP contribution in [-0.4, -0.2) is 27.3 Å². The van der Waals surface area contributed by atoms with E-state index in [9.17, 15) is 0 Å². The van der Waals surface area contributed by atoms with Gasteiger partial charge in [-0.3, -0.25) is 0 Å². The van der Waals surface area contributed by atoms with Crippen molar-refractivity contribution >= 4 is 5.95 Å². The lowest BCUT2D eigenvalue weighted by Crippen LogP contribution is -2.37. The van der Waals surface area contributed by atoms with Gasteiger partial charge < -0.3 is 15.6 Å². The van der Waals surface area contributed by atoms with Gasteiger partial charge in [0.25, 0.3) is 0 Å². The highest BCUT2D eigenvalue weighted by Crippen LogP contribution is 2.24. The lowest BCUT2D eigenvalue weighted by Gasteiger charge is -2.30. The van der Waals surface area contributed by atoms with E-state index in [2.05, 4.69) is 9.97 Å². The second kappa shape index (κ2) is 3.18. The molecule has 1 fully saturated rings. The normalized spacial score (nSPS) is 26.5. The Balaban J connectivity index is 1.94. The van der Waals surface area contributed by atoms with Crippen LogP contribution in [0.25, 0.3) is 0 Å². The van der Waals surface area contributed by atoms with Crippen molar-refractivity contribution < 1.29 is 9.84 Å². The molecule has 0 radical (unpaired) electrons. The molecule has 3 N–H and O–H groups in total. The molecule has 0 spiro atoms. The number of nitrogens with two attached hydrogens (primary N) is 1. The average Bonchev–Trinajstić information content (AvgIpc) is 2.01. The van der Waals surface area contributed by atoms with Crippen molar-refractivity contribution in [1.82, 2.24) is 9.97 Å². The number of hydrogen-bond acceptors (Lipinski definition) is 5. The summed E-state index contributed by atoms with van der Waals surface area (Å²) in [6.07, 6.45) is 2.74. The highest BCUT2D eigenvalue weighted by Gasteiger charge is 2.29. The predicted octanol–water partition coefficient (Wildman–Crippen LogP) is -0.0391. The molecule has 1 aliphatic rings. The van der Waals surface area contributed by atoms with Crippen LogP contribution in [0.15, 0.2) is 12.3 Å². The number of hydrogen-bond donors (Lipinski definition) is 2. The molecule has 1 aromatic heterocycles. The van der Waals surface area contributed by atoms with Gasteiger partial charge in [-0.25, -0.2) is 4.98 Å². The number of ether oxygens (including phenoxy) is 1. The Labute approximate surface area is 75.6 Å². The maximum Gasteiger partial charge on any atom is 0.223 e. The largest absolute Gasteiger partial charge is 0.474 e. The summed E-state index contributed by atoms with van der Waals surface area (Å²) in [5.41, 5.74) is 5.37. The van der Waals surface area contributed by atoms with E-state index >= 15 is 0 Å². The van der Waals surface area contributed by atoms with E-state index in [0.717, 1.165) is 0 Å². The molecule has 1 aromatic rings. The molecule has 5 nitrogen and oxygen atoms in total. The van der Waals surface area contributed by atoms with Gasteiger partial charge >= 0.3 is 0 Å². The molecule has 1 saturated carbocycles. The van der Waals surface area contributed by atoms with Crippen LogP contribution in [0.1, 0.15) is 12.8 Å². The molecular formula is C8H11N3O2. The number of anilines is 1. The van der Waals surface area contributed by atoms with Crippen LogP contribution in [0.3, 0.4) is 0 Å². The zero-order valence-electron chi connectivity index (χ0n) is 7.05. The number of nitrogens with zero attached hydrogens (tertiary/aromatic N) is 2. The Kier molecular flexibility index (Phi) is 2.02. The van der Waals surface area contributed by atoms with Gasteiger partial charge in [0.05, 0.1) is 6.10 Å². The van der Waals surface area contributed by atoms with E-state index in [1.54, 1.807) is 12.3 Å². The van der Waals surface area contributed by atoms with Gasteiger partial charge in [-0.15, -0.1) is 0 Å². The first-order valence-corrected chi connectivity index (χ1v) is 4.17. The Hall–Kier alpha value is -1.36. The van der Waals surface area contributed by atoms with Crippen molar-refractivity contribution in [3.05, 3.63) is 12.3 Å². The zero-order chi connectivity index (χ0) is 9.26. The van der Waals surface area contributed by atoms with E-state index in [1.807, 2.05) is 0 Å². The Morgan fingerprint density at radius 3 is 2.92 bits per heavy atom. The number of aliphatic hydroxyl groups excluding tert-OH is 1. The number of aromatic nitrogens is 2. The van der Waals surface area contributed by atoms with Crippen molar-refractivity contribution in [3.8, 4) is 5.88 Å². The molecular weight excluding hydrogens is 170 g/mol. The summed E-state index contributed by atoms with van der Waals surface area (Å²) in [5.74, 6) is 0.682. The molecule has 0 aromatic carbocycles. The molecule has 1 aliphatic carbocycles. The van der Waals surface area contributed by atoms with Crippen molar-refractivity contribution in [2.24, 2.45) is 0 Å². The molecule has 2 rings (SSSR count). The maximum absolute atomic E-state index is 9.01. The van der Waals surface area contributed by atoms with Crippen LogP contribution in [-0.2, 0) is 0 Å². The minimum atomic E-state index is -0.218. The minimum absolute atomic E-state index is 0.0734. The molecule has 0 saturated heterocycles. The number of rotatable bonds is 2. The second-order valence-electron chi connectivity index (χ2n) is 3.12. The molecule has 0 aliphatic heterocycles. The third-order valence-corrected chi connectivity index (χ3v) is 2.01. The molecule has 0 atom stereocenters. The molecule has 1 heterocycles. The van der Waals surface area contributed by atoms with E-state index in [1.165, 1.54) is 0 Å². The predicted molar refractivity (Wildman–Crippen MR) is 46.1 cm³/mol. The quantitative estimate of drug-likeness (QED) is 0.669. The first-order chi connectivity index (χ1) is 6.24. The Morgan fingerprint density at radius 1 is 1.54 bits per heavy atom. The minimum Gasteiger partial charge on any atom is -0.474 e. The molecule has 0 unspecified atom stereocenters. The van der Waals surface area contributed by atoms with Crippen molar-refractivity contribution in [2.75, 3.05) is 5.73 Å². The van der Waals surface area contributed by atoms with Gasteiger partial charge in [-0.05, 0) is 0 Å². The van der Waals surface area contributed by atoms with Gasteiger partial charge in [0.15, 0.2) is 0 Å². The van der Waals surface area contributed by atoms with Crippen LogP contribution in [0, 0.1) is 0 Å². The molecule has 5 heteroatoms. The number of nitrogen functional groups attached to an aromatic ring is 1. The van der Waals surface area contributed by atoms with Crippen LogP contribution < -0.4 is 10.5 Å². The SMILES string of the molecule is Nc1nccc(O[C@H]2C[C@@H](O)C2)n1. The van der Waals surface area contributed by atoms with Gasteiger partial charge in [0.2, 0.25) is 11.8 Å². The Bertz CT molecular complexity index is 299. The molecule has 0 amide bonds. The average molecular weight is 181 g/mol. The Morgan fingerprint density at radius 2 is 2.31 bits per heavy atom. The molecule has 70 valence electrons. The summed E-state index contributed by atoms with van der Waals surface area (Å²) in [4.78, 5) is 7.63. The summed E-state index contributed by atoms with van der Waals surface area (Å²) in [6.45, 7) is 0. The van der Waals surface area contributed by atoms with E-state index in [0.29, 0.717) is 18.7 Å². The highest BCUT2D eigenvalue weighted by molar-refractivity contribution is 5.21. The summed E-state index contributed by atoms with van der Waals surface area (Å²) in [7, 11) is 0. The molecule has 0 bridgehead atoms. The third kappa shape index (κ3) is 1.86. The van der Waals surface area contributed by atoms with Crippen LogP contribution in [0.5, 0.6) is 5.88 Å². The van der Waals surface area contributed by atoms with Crippen molar-refractivity contribution in [3.63, 3.8) is 0 Å². The van der Waals surface area contributed by atoms with Gasteiger partial charge in [0.1, 0.15) is 6.10 Å². The topological polar surface area (TPSA) is 81.3 Å². The van der Waals surface area contributed by atoms with Gasteiger partial charge in [-0.1, -0.05) is 0 Å². The zero-order valence-corrected chi connectivity index (χ0v) is 7.05. The standard InChI is InChI=1S/C8H11N3O2/c9-8-10-2-1-7(11-8)13-6-3-5(12)4-6/h1-2,5-6,12H,3-4H2,(H2,9,10,11)/t5-,6+. The fourth-order valence-corrected chi connectivity index (χ4v) is 1.23. The van der Waals surface area contributed by atoms with E-state index < -0.39 is 0 Å². The van der Waals surface area contributed by atoms with Crippen molar-refractivity contribution in [1.29, 1.82) is 0 Å². The summed E-state index contributed by atoms with van der Waals surface area (Å²) in [5, 5.41) is 9.01. The lowest BCUT2D eigenvalue weighted by molar-refractivity contribution is -0.0127. The number of aliphatic hydroxyl groups is 1. The monoisotopic (exact) mass is 181 g/mol. The van der Waals surface area contributed by atoms with Crippen LogP contribution >= 0.6 is 0 Å². The van der Waals surface area contributed by atoms with Crippen LogP contribution in [0.4, 0.5) is 5.95 Å². The van der Waals surface area contributed by atoms with E-state index in [-0.39, 0.29) is 18.2 Å². The molecule has 13 heavy (non-hydrogen) atoms. The summed E-state index contributed by atoms with van der Waals surface area (Å²) >= 11 is 0. The van der Waals surface area contributed by atoms with Crippen molar-refractivity contribution in [2.45, 2.75) is 25.0 Å². The maximum atomic E-state index is 9.01. The summed E-state index contributed by atoms with van der Waals surface area (Å²) in [6, 6.07) is 1.65. The van der Waals surface area contributed by atoms with Gasteiger partial charge in [0, 0.05) is 25.1 Å². The smallest absolute Gasteiger partial charge is 0.223 e.